The molecule has 2 aromatic rings. The van der Waals surface area contributed by atoms with Gasteiger partial charge in [0, 0.05) is 0 Å². The topological polar surface area (TPSA) is 37.3 Å². The Kier molecular flexibility index (Phi) is 5.64. The van der Waals surface area contributed by atoms with Crippen LogP contribution in [0.15, 0.2) is 43.0 Å². The molecule has 1 N–H and O–H groups in total. The minimum Gasteiger partial charge on any atom is -0.478 e. The van der Waals surface area contributed by atoms with Crippen LogP contribution in [0.2, 0.25) is 0 Å². The molecule has 0 radical (unpaired) electrons. The first-order valence-electron chi connectivity index (χ1n) is 9.21. The Bertz CT molecular complexity index is 889. The summed E-state index contributed by atoms with van der Waals surface area (Å²) in [5.74, 6) is -0.905. The minimum atomic E-state index is -0.905. The quantitative estimate of drug-likeness (QED) is 0.653. The van der Waals surface area contributed by atoms with Crippen molar-refractivity contribution in [1.82, 2.24) is 0 Å². The second kappa shape index (κ2) is 7.16. The van der Waals surface area contributed by atoms with Gasteiger partial charge in [-0.05, 0) is 70.6 Å². The normalized spacial score (nSPS) is 16.8. The van der Waals surface area contributed by atoms with Gasteiger partial charge < -0.3 is 5.11 Å². The van der Waals surface area contributed by atoms with Gasteiger partial charge in [0.1, 0.15) is 0 Å². The van der Waals surface area contributed by atoms with E-state index in [1.807, 2.05) is 12.1 Å². The number of halogens is 1. The standard InChI is InChI=1S/C24H28O2.ClH/c1-15-13-19(16(2)17-7-9-18(10-8-17)22(25)26)21-20(14-15)23(3,4)11-12-24(21,5)6;/h7-10,13-14H,2,11-12H2,1,3-6H3,(H,25,26);1H. The largest absolute Gasteiger partial charge is 0.478 e. The average molecular weight is 385 g/mol. The molecule has 1 aliphatic carbocycles. The highest BCUT2D eigenvalue weighted by Crippen LogP contribution is 2.49. The molecule has 0 spiro atoms. The maximum absolute atomic E-state index is 11.1. The molecule has 3 rings (SSSR count). The number of carbonyl (C=O) groups is 1. The Morgan fingerprint density at radius 3 is 2.04 bits per heavy atom. The van der Waals surface area contributed by atoms with Crippen molar-refractivity contribution in [2.24, 2.45) is 0 Å². The summed E-state index contributed by atoms with van der Waals surface area (Å²) in [6.45, 7) is 15.8. The maximum atomic E-state index is 11.1. The lowest BCUT2D eigenvalue weighted by Gasteiger charge is -2.43. The lowest BCUT2D eigenvalue weighted by atomic mass is 9.61. The summed E-state index contributed by atoms with van der Waals surface area (Å²) in [6.07, 6.45) is 2.32. The van der Waals surface area contributed by atoms with Crippen LogP contribution < -0.4 is 0 Å². The van der Waals surface area contributed by atoms with Crippen LogP contribution in [0.25, 0.3) is 5.57 Å². The number of benzene rings is 2. The Morgan fingerprint density at radius 1 is 0.963 bits per heavy atom. The molecule has 3 heteroatoms. The van der Waals surface area contributed by atoms with Crippen molar-refractivity contribution in [3.8, 4) is 0 Å². The van der Waals surface area contributed by atoms with Crippen LogP contribution in [-0.4, -0.2) is 11.1 Å². The SMILES string of the molecule is C=C(c1ccc(C(=O)O)cc1)c1cc(C)cc2c1C(C)(C)CCC2(C)C.Cl. The molecular weight excluding hydrogens is 356 g/mol. The van der Waals surface area contributed by atoms with Crippen LogP contribution in [0, 0.1) is 6.92 Å². The molecule has 0 saturated heterocycles. The zero-order valence-corrected chi connectivity index (χ0v) is 17.7. The molecule has 2 aromatic carbocycles. The zero-order chi connectivity index (χ0) is 19.3. The zero-order valence-electron chi connectivity index (χ0n) is 16.8. The van der Waals surface area contributed by atoms with Gasteiger partial charge in [-0.1, -0.05) is 64.1 Å². The molecule has 1 aliphatic rings. The fourth-order valence-electron chi connectivity index (χ4n) is 4.14. The molecular formula is C24H29ClO2. The van der Waals surface area contributed by atoms with E-state index in [1.54, 1.807) is 12.1 Å². The van der Waals surface area contributed by atoms with Crippen LogP contribution in [0.3, 0.4) is 0 Å². The van der Waals surface area contributed by atoms with Gasteiger partial charge in [-0.3, -0.25) is 0 Å². The van der Waals surface area contributed by atoms with Gasteiger partial charge in [0.05, 0.1) is 5.56 Å². The summed E-state index contributed by atoms with van der Waals surface area (Å²) in [6, 6.07) is 11.6. The number of hydrogen-bond acceptors (Lipinski definition) is 1. The molecule has 0 aliphatic heterocycles. The first-order chi connectivity index (χ1) is 12.0. The molecule has 27 heavy (non-hydrogen) atoms. The third-order valence-corrected chi connectivity index (χ3v) is 5.87. The summed E-state index contributed by atoms with van der Waals surface area (Å²) < 4.78 is 0. The van der Waals surface area contributed by atoms with Crippen molar-refractivity contribution in [2.75, 3.05) is 0 Å². The smallest absolute Gasteiger partial charge is 0.335 e. The highest BCUT2D eigenvalue weighted by Gasteiger charge is 2.39. The van der Waals surface area contributed by atoms with Gasteiger partial charge in [-0.15, -0.1) is 12.4 Å². The van der Waals surface area contributed by atoms with Crippen molar-refractivity contribution < 1.29 is 9.90 Å². The third kappa shape index (κ3) is 3.82. The molecule has 0 bridgehead atoms. The predicted octanol–water partition coefficient (Wildman–Crippen LogP) is 6.53. The van der Waals surface area contributed by atoms with Crippen molar-refractivity contribution in [1.29, 1.82) is 0 Å². The third-order valence-electron chi connectivity index (χ3n) is 5.87. The van der Waals surface area contributed by atoms with E-state index in [0.29, 0.717) is 5.56 Å². The second-order valence-electron chi connectivity index (χ2n) is 8.86. The van der Waals surface area contributed by atoms with Crippen LogP contribution >= 0.6 is 12.4 Å². The monoisotopic (exact) mass is 384 g/mol. The van der Waals surface area contributed by atoms with Crippen LogP contribution in [0.5, 0.6) is 0 Å². The number of aryl methyl sites for hydroxylation is 1. The van der Waals surface area contributed by atoms with E-state index in [2.05, 4.69) is 53.3 Å². The molecule has 0 aromatic heterocycles. The Morgan fingerprint density at radius 2 is 1.48 bits per heavy atom. The summed E-state index contributed by atoms with van der Waals surface area (Å²) in [7, 11) is 0. The van der Waals surface area contributed by atoms with Gasteiger partial charge in [0.25, 0.3) is 0 Å². The first-order valence-corrected chi connectivity index (χ1v) is 9.21. The average Bonchev–Trinajstić information content (AvgIpc) is 2.57. The van der Waals surface area contributed by atoms with Gasteiger partial charge in [-0.25, -0.2) is 4.79 Å². The van der Waals surface area contributed by atoms with E-state index >= 15 is 0 Å². The number of carboxylic acids is 1. The van der Waals surface area contributed by atoms with E-state index in [0.717, 1.165) is 17.6 Å². The second-order valence-corrected chi connectivity index (χ2v) is 8.86. The predicted molar refractivity (Wildman–Crippen MR) is 115 cm³/mol. The van der Waals surface area contributed by atoms with E-state index in [1.165, 1.54) is 28.7 Å². The van der Waals surface area contributed by atoms with Gasteiger partial charge in [0.15, 0.2) is 0 Å². The van der Waals surface area contributed by atoms with Gasteiger partial charge in [-0.2, -0.15) is 0 Å². The Hall–Kier alpha value is -2.06. The van der Waals surface area contributed by atoms with Crippen molar-refractivity contribution >= 4 is 23.9 Å². The van der Waals surface area contributed by atoms with Gasteiger partial charge >= 0.3 is 5.97 Å². The molecule has 0 saturated carbocycles. The summed E-state index contributed by atoms with van der Waals surface area (Å²) >= 11 is 0. The Balaban J connectivity index is 0.00000261. The number of fused-ring (bicyclic) bond motifs is 1. The molecule has 0 atom stereocenters. The number of aromatic carboxylic acids is 1. The van der Waals surface area contributed by atoms with Crippen molar-refractivity contribution in [3.05, 3.63) is 76.4 Å². The Labute approximate surface area is 168 Å². The molecule has 0 heterocycles. The number of rotatable bonds is 3. The van der Waals surface area contributed by atoms with Gasteiger partial charge in [0.2, 0.25) is 0 Å². The fraction of sp³-hybridized carbons (Fsp3) is 0.375. The molecule has 144 valence electrons. The van der Waals surface area contributed by atoms with Crippen LogP contribution in [-0.2, 0) is 10.8 Å². The minimum absolute atomic E-state index is 0. The molecule has 2 nitrogen and oxygen atoms in total. The van der Waals surface area contributed by atoms with E-state index in [4.69, 9.17) is 5.11 Å². The molecule has 0 fully saturated rings. The number of hydrogen-bond donors (Lipinski definition) is 1. The molecule has 0 amide bonds. The summed E-state index contributed by atoms with van der Waals surface area (Å²) in [5.41, 5.74) is 7.74. The summed E-state index contributed by atoms with van der Waals surface area (Å²) in [4.78, 5) is 11.1. The van der Waals surface area contributed by atoms with Crippen LogP contribution in [0.1, 0.15) is 78.7 Å². The molecule has 0 unspecified atom stereocenters. The van der Waals surface area contributed by atoms with E-state index < -0.39 is 5.97 Å². The van der Waals surface area contributed by atoms with E-state index in [-0.39, 0.29) is 23.2 Å². The first kappa shape index (κ1) is 21.2. The highest BCUT2D eigenvalue weighted by molar-refractivity contribution is 5.89. The highest BCUT2D eigenvalue weighted by atomic mass is 35.5. The lowest BCUT2D eigenvalue weighted by Crippen LogP contribution is -2.35. The van der Waals surface area contributed by atoms with Crippen LogP contribution in [0.4, 0.5) is 0 Å². The number of carboxylic acid groups (broad SMARTS) is 1. The maximum Gasteiger partial charge on any atom is 0.335 e. The van der Waals surface area contributed by atoms with E-state index in [9.17, 15) is 4.79 Å². The fourth-order valence-corrected chi connectivity index (χ4v) is 4.14. The summed E-state index contributed by atoms with van der Waals surface area (Å²) in [5, 5.41) is 9.13. The lowest BCUT2D eigenvalue weighted by molar-refractivity contribution is 0.0697. The van der Waals surface area contributed by atoms with Crippen molar-refractivity contribution in [3.63, 3.8) is 0 Å². The van der Waals surface area contributed by atoms with Crippen molar-refractivity contribution in [2.45, 2.75) is 58.3 Å².